The maximum absolute atomic E-state index is 12.1. The van der Waals surface area contributed by atoms with Crippen molar-refractivity contribution in [3.05, 3.63) is 21.9 Å². The molecule has 90 valence electrons. The lowest BCUT2D eigenvalue weighted by Gasteiger charge is -2.37. The lowest BCUT2D eigenvalue weighted by Crippen LogP contribution is -2.40. The standard InChI is InChI=1S/C13H15NO2S/c15-10-1-3-11-13-9(6-8-17-13)5-7-14(11)12(16)4-2-10/h6,8,11H,1-5,7H2/t11-/m1/s1. The lowest BCUT2D eigenvalue weighted by molar-refractivity contribution is -0.137. The fourth-order valence-electron chi connectivity index (χ4n) is 2.78. The number of ketones is 1. The average Bonchev–Trinajstić information content (AvgIpc) is 2.79. The number of hydrogen-bond acceptors (Lipinski definition) is 3. The van der Waals surface area contributed by atoms with Crippen LogP contribution in [0.2, 0.25) is 0 Å². The highest BCUT2D eigenvalue weighted by Gasteiger charge is 2.33. The van der Waals surface area contributed by atoms with Crippen molar-refractivity contribution < 1.29 is 9.59 Å². The van der Waals surface area contributed by atoms with Gasteiger partial charge in [0.15, 0.2) is 0 Å². The second-order valence-electron chi connectivity index (χ2n) is 4.74. The van der Waals surface area contributed by atoms with Crippen LogP contribution in [0, 0.1) is 0 Å². The molecular weight excluding hydrogens is 234 g/mol. The minimum atomic E-state index is 0.155. The first-order valence-corrected chi connectivity index (χ1v) is 7.01. The molecule has 0 saturated carbocycles. The molecule has 3 heterocycles. The van der Waals surface area contributed by atoms with E-state index in [9.17, 15) is 9.59 Å². The van der Waals surface area contributed by atoms with Crippen LogP contribution in [-0.4, -0.2) is 23.1 Å². The first-order valence-electron chi connectivity index (χ1n) is 6.13. The maximum atomic E-state index is 12.1. The zero-order chi connectivity index (χ0) is 11.8. The Morgan fingerprint density at radius 1 is 1.18 bits per heavy atom. The Kier molecular flexibility index (Phi) is 2.74. The zero-order valence-corrected chi connectivity index (χ0v) is 10.5. The molecule has 1 saturated heterocycles. The molecule has 1 aromatic heterocycles. The zero-order valence-electron chi connectivity index (χ0n) is 9.65. The van der Waals surface area contributed by atoms with Crippen molar-refractivity contribution in [1.82, 2.24) is 4.90 Å². The van der Waals surface area contributed by atoms with E-state index in [1.807, 2.05) is 4.90 Å². The predicted octanol–water partition coefficient (Wildman–Crippen LogP) is 2.32. The van der Waals surface area contributed by atoms with Crippen LogP contribution in [0.3, 0.4) is 0 Å². The van der Waals surface area contributed by atoms with Crippen molar-refractivity contribution in [2.24, 2.45) is 0 Å². The van der Waals surface area contributed by atoms with Crippen LogP contribution >= 0.6 is 11.3 Å². The minimum absolute atomic E-state index is 0.155. The minimum Gasteiger partial charge on any atom is -0.334 e. The second-order valence-corrected chi connectivity index (χ2v) is 5.69. The van der Waals surface area contributed by atoms with Crippen molar-refractivity contribution in [3.63, 3.8) is 0 Å². The summed E-state index contributed by atoms with van der Waals surface area (Å²) in [5, 5.41) is 2.10. The highest BCUT2D eigenvalue weighted by atomic mass is 32.1. The third-order valence-electron chi connectivity index (χ3n) is 3.72. The van der Waals surface area contributed by atoms with Gasteiger partial charge in [0.1, 0.15) is 5.78 Å². The van der Waals surface area contributed by atoms with Gasteiger partial charge in [-0.3, -0.25) is 9.59 Å². The molecular formula is C13H15NO2S. The van der Waals surface area contributed by atoms with Crippen LogP contribution in [0.1, 0.15) is 42.2 Å². The SMILES string of the molecule is O=C1CCC(=O)N2CCc3ccsc3[C@H]2CC1. The van der Waals surface area contributed by atoms with Gasteiger partial charge in [-0.1, -0.05) is 0 Å². The third-order valence-corrected chi connectivity index (χ3v) is 4.78. The summed E-state index contributed by atoms with van der Waals surface area (Å²) in [4.78, 5) is 26.9. The number of fused-ring (bicyclic) bond motifs is 3. The van der Waals surface area contributed by atoms with Crippen LogP contribution in [-0.2, 0) is 16.0 Å². The largest absolute Gasteiger partial charge is 0.334 e. The molecule has 3 nitrogen and oxygen atoms in total. The number of carbonyl (C=O) groups is 2. The van der Waals surface area contributed by atoms with Crippen molar-refractivity contribution >= 4 is 23.0 Å². The molecule has 0 spiro atoms. The summed E-state index contributed by atoms with van der Waals surface area (Å²) >= 11 is 1.73. The molecule has 0 unspecified atom stereocenters. The van der Waals surface area contributed by atoms with Crippen LogP contribution in [0.15, 0.2) is 11.4 Å². The number of rotatable bonds is 0. The van der Waals surface area contributed by atoms with Crippen molar-refractivity contribution in [2.45, 2.75) is 38.1 Å². The molecule has 0 radical (unpaired) electrons. The third kappa shape index (κ3) is 1.90. The molecule has 4 heteroatoms. The van der Waals surface area contributed by atoms with Gasteiger partial charge in [-0.2, -0.15) is 0 Å². The van der Waals surface area contributed by atoms with E-state index in [4.69, 9.17) is 0 Å². The van der Waals surface area contributed by atoms with E-state index < -0.39 is 0 Å². The molecule has 17 heavy (non-hydrogen) atoms. The molecule has 0 N–H and O–H groups in total. The van der Waals surface area contributed by atoms with Crippen molar-refractivity contribution in [1.29, 1.82) is 0 Å². The molecule has 1 amide bonds. The molecule has 0 aliphatic carbocycles. The summed E-state index contributed by atoms with van der Waals surface area (Å²) in [5.74, 6) is 0.392. The number of thiophene rings is 1. The molecule has 1 atom stereocenters. The normalized spacial score (nSPS) is 24.9. The average molecular weight is 249 g/mol. The van der Waals surface area contributed by atoms with Crippen LogP contribution in [0.25, 0.3) is 0 Å². The molecule has 2 aliphatic heterocycles. The highest BCUT2D eigenvalue weighted by Crippen LogP contribution is 2.38. The van der Waals surface area contributed by atoms with Crippen molar-refractivity contribution in [2.75, 3.05) is 6.54 Å². The Hall–Kier alpha value is -1.16. The highest BCUT2D eigenvalue weighted by molar-refractivity contribution is 7.10. The molecule has 1 fully saturated rings. The Balaban J connectivity index is 1.94. The molecule has 0 bridgehead atoms. The molecule has 0 aromatic carbocycles. The first-order chi connectivity index (χ1) is 8.25. The van der Waals surface area contributed by atoms with Crippen molar-refractivity contribution in [3.8, 4) is 0 Å². The summed E-state index contributed by atoms with van der Waals surface area (Å²) in [6, 6.07) is 2.32. The first kappa shape index (κ1) is 11.0. The lowest BCUT2D eigenvalue weighted by atomic mass is 9.93. The Labute approximate surface area is 104 Å². The second kappa shape index (κ2) is 4.26. The molecule has 3 rings (SSSR count). The van der Waals surface area contributed by atoms with E-state index in [0.29, 0.717) is 19.3 Å². The van der Waals surface area contributed by atoms with E-state index in [-0.39, 0.29) is 17.7 Å². The quantitative estimate of drug-likeness (QED) is 0.707. The predicted molar refractivity (Wildman–Crippen MR) is 66.0 cm³/mol. The molecule has 1 aromatic rings. The number of nitrogens with zero attached hydrogens (tertiary/aromatic N) is 1. The van der Waals surface area contributed by atoms with E-state index in [0.717, 1.165) is 19.4 Å². The topological polar surface area (TPSA) is 37.4 Å². The van der Waals surface area contributed by atoms with Gasteiger partial charge in [-0.15, -0.1) is 11.3 Å². The maximum Gasteiger partial charge on any atom is 0.223 e. The summed E-state index contributed by atoms with van der Waals surface area (Å²) in [7, 11) is 0. The van der Waals surface area contributed by atoms with Gasteiger partial charge in [0.25, 0.3) is 0 Å². The summed E-state index contributed by atoms with van der Waals surface area (Å²) < 4.78 is 0. The Morgan fingerprint density at radius 3 is 2.94 bits per heavy atom. The van der Waals surface area contributed by atoms with Gasteiger partial charge >= 0.3 is 0 Å². The van der Waals surface area contributed by atoms with Gasteiger partial charge < -0.3 is 4.90 Å². The van der Waals surface area contributed by atoms with Gasteiger partial charge in [0.2, 0.25) is 5.91 Å². The Morgan fingerprint density at radius 2 is 2.06 bits per heavy atom. The van der Waals surface area contributed by atoms with E-state index in [1.165, 1.54) is 10.4 Å². The van der Waals surface area contributed by atoms with Gasteiger partial charge in [0, 0.05) is 30.7 Å². The Bertz CT molecular complexity index is 466. The van der Waals surface area contributed by atoms with Crippen LogP contribution < -0.4 is 0 Å². The fourth-order valence-corrected chi connectivity index (χ4v) is 3.89. The van der Waals surface area contributed by atoms with E-state index in [2.05, 4.69) is 11.4 Å². The van der Waals surface area contributed by atoms with Crippen LogP contribution in [0.5, 0.6) is 0 Å². The fraction of sp³-hybridized carbons (Fsp3) is 0.538. The van der Waals surface area contributed by atoms with Crippen LogP contribution in [0.4, 0.5) is 0 Å². The monoisotopic (exact) mass is 249 g/mol. The number of Topliss-reactive ketones (excluding diaryl/α,β-unsaturated/α-hetero) is 1. The number of hydrogen-bond donors (Lipinski definition) is 0. The van der Waals surface area contributed by atoms with Gasteiger partial charge in [0.05, 0.1) is 6.04 Å². The molecule has 2 aliphatic rings. The van der Waals surface area contributed by atoms with Gasteiger partial charge in [-0.05, 0) is 29.9 Å². The smallest absolute Gasteiger partial charge is 0.223 e. The summed E-state index contributed by atoms with van der Waals surface area (Å²) in [6.07, 6.45) is 3.22. The summed E-state index contributed by atoms with van der Waals surface area (Å²) in [6.45, 7) is 0.821. The van der Waals surface area contributed by atoms with E-state index >= 15 is 0 Å². The van der Waals surface area contributed by atoms with E-state index in [1.54, 1.807) is 11.3 Å². The number of carbonyl (C=O) groups excluding carboxylic acids is 2. The number of amides is 1. The summed E-state index contributed by atoms with van der Waals surface area (Å²) in [5.41, 5.74) is 1.37. The van der Waals surface area contributed by atoms with Gasteiger partial charge in [-0.25, -0.2) is 0 Å².